The van der Waals surface area contributed by atoms with Gasteiger partial charge in [-0.15, -0.1) is 0 Å². The number of nitrogens with zero attached hydrogens (tertiary/aromatic N) is 2. The molecule has 0 aliphatic carbocycles. The third-order valence-electron chi connectivity index (χ3n) is 12.4. The van der Waals surface area contributed by atoms with E-state index in [0.29, 0.717) is 0 Å². The van der Waals surface area contributed by atoms with E-state index in [1.54, 1.807) is 0 Å². The summed E-state index contributed by atoms with van der Waals surface area (Å²) in [5, 5.41) is 4.67. The van der Waals surface area contributed by atoms with Crippen LogP contribution in [0.1, 0.15) is 0 Å². The summed E-state index contributed by atoms with van der Waals surface area (Å²) in [5.74, 6) is 0. The fraction of sp³-hybridized carbons (Fsp3) is 0. The van der Waals surface area contributed by atoms with Crippen molar-refractivity contribution in [2.45, 2.75) is 0 Å². The lowest BCUT2D eigenvalue weighted by Gasteiger charge is -2.29. The van der Waals surface area contributed by atoms with Crippen molar-refractivity contribution >= 4 is 60.8 Å². The van der Waals surface area contributed by atoms with E-state index < -0.39 is 0 Å². The molecule has 10 aromatic carbocycles. The van der Waals surface area contributed by atoms with E-state index in [9.17, 15) is 0 Å². The summed E-state index contributed by atoms with van der Waals surface area (Å²) >= 11 is 0. The quantitative estimate of drug-likeness (QED) is 0.153. The summed E-state index contributed by atoms with van der Waals surface area (Å²) in [6.07, 6.45) is 0. The Labute approximate surface area is 366 Å². The molecule has 3 heteroatoms. The molecular weight excluding hydrogens is 765 g/mol. The maximum absolute atomic E-state index is 6.54. The zero-order chi connectivity index (χ0) is 41.7. The molecule has 296 valence electrons. The van der Waals surface area contributed by atoms with E-state index in [1.807, 2.05) is 12.1 Å². The van der Waals surface area contributed by atoms with Crippen molar-refractivity contribution in [2.24, 2.45) is 0 Å². The van der Waals surface area contributed by atoms with Crippen LogP contribution in [0.25, 0.3) is 93.9 Å². The van der Waals surface area contributed by atoms with Crippen LogP contribution in [0, 0.1) is 0 Å². The summed E-state index contributed by atoms with van der Waals surface area (Å²) < 4.78 is 8.91. The molecule has 0 N–H and O–H groups in total. The molecule has 63 heavy (non-hydrogen) atoms. The number of hydrogen-bond acceptors (Lipinski definition) is 2. The Morgan fingerprint density at radius 1 is 0.302 bits per heavy atom. The molecule has 0 amide bonds. The van der Waals surface area contributed by atoms with Crippen LogP contribution >= 0.6 is 0 Å². The molecule has 3 nitrogen and oxygen atoms in total. The largest absolute Gasteiger partial charge is 0.456 e. The van der Waals surface area contributed by atoms with E-state index in [2.05, 4.69) is 240 Å². The summed E-state index contributed by atoms with van der Waals surface area (Å²) in [4.78, 5) is 2.39. The highest BCUT2D eigenvalue weighted by molar-refractivity contribution is 6.11. The molecule has 0 aliphatic heterocycles. The Hall–Kier alpha value is -8.40. The normalized spacial score (nSPS) is 11.5. The van der Waals surface area contributed by atoms with E-state index in [-0.39, 0.29) is 0 Å². The van der Waals surface area contributed by atoms with Crippen LogP contribution in [0.2, 0.25) is 0 Å². The first-order chi connectivity index (χ1) is 31.3. The van der Waals surface area contributed by atoms with Crippen molar-refractivity contribution in [2.75, 3.05) is 4.90 Å². The Kier molecular flexibility index (Phi) is 8.83. The lowest BCUT2D eigenvalue weighted by Crippen LogP contribution is -2.11. The van der Waals surface area contributed by atoms with Gasteiger partial charge in [0.2, 0.25) is 0 Å². The van der Waals surface area contributed by atoms with E-state index >= 15 is 0 Å². The van der Waals surface area contributed by atoms with Crippen molar-refractivity contribution in [1.82, 2.24) is 4.57 Å². The summed E-state index contributed by atoms with van der Waals surface area (Å²) in [6.45, 7) is 0. The maximum Gasteiger partial charge on any atom is 0.137 e. The SMILES string of the molecule is c1ccc(-c2ccccc2-c2ccccc2-c2ccccc2N(c2cccc(-c3ccc4c(c3)c3ccccc3n4-c3ccccc3)c2)c2ccc3c(c2)oc2ccccc23)cc1. The summed E-state index contributed by atoms with van der Waals surface area (Å²) in [7, 11) is 0. The molecule has 0 unspecified atom stereocenters. The Bertz CT molecular complexity index is 3640. The second-order valence-electron chi connectivity index (χ2n) is 16.1. The van der Waals surface area contributed by atoms with Gasteiger partial charge in [0, 0.05) is 50.2 Å². The molecule has 0 saturated heterocycles. The van der Waals surface area contributed by atoms with Crippen molar-refractivity contribution in [1.29, 1.82) is 0 Å². The van der Waals surface area contributed by atoms with Crippen LogP contribution in [0.3, 0.4) is 0 Å². The molecular formula is C60H40N2O. The van der Waals surface area contributed by atoms with E-state index in [1.165, 1.54) is 44.1 Å². The van der Waals surface area contributed by atoms with Gasteiger partial charge >= 0.3 is 0 Å². The Balaban J connectivity index is 1.05. The van der Waals surface area contributed by atoms with E-state index in [0.717, 1.165) is 66.9 Å². The van der Waals surface area contributed by atoms with Gasteiger partial charge < -0.3 is 13.9 Å². The van der Waals surface area contributed by atoms with Crippen LogP contribution in [-0.2, 0) is 0 Å². The Morgan fingerprint density at radius 2 is 0.857 bits per heavy atom. The molecule has 0 bridgehead atoms. The summed E-state index contributed by atoms with van der Waals surface area (Å²) in [6, 6.07) is 87.1. The minimum Gasteiger partial charge on any atom is -0.456 e. The van der Waals surface area contributed by atoms with Crippen LogP contribution < -0.4 is 4.90 Å². The molecule has 0 atom stereocenters. The third-order valence-corrected chi connectivity index (χ3v) is 12.4. The topological polar surface area (TPSA) is 21.3 Å². The molecule has 0 saturated carbocycles. The van der Waals surface area contributed by atoms with Crippen molar-refractivity contribution in [3.05, 3.63) is 243 Å². The second-order valence-corrected chi connectivity index (χ2v) is 16.1. The fourth-order valence-electron chi connectivity index (χ4n) is 9.55. The predicted octanol–water partition coefficient (Wildman–Crippen LogP) is 16.8. The molecule has 0 radical (unpaired) electrons. The smallest absolute Gasteiger partial charge is 0.137 e. The molecule has 2 heterocycles. The minimum atomic E-state index is 0.852. The molecule has 12 rings (SSSR count). The van der Waals surface area contributed by atoms with Gasteiger partial charge in [-0.1, -0.05) is 170 Å². The third kappa shape index (κ3) is 6.29. The van der Waals surface area contributed by atoms with Crippen LogP contribution in [0.15, 0.2) is 247 Å². The maximum atomic E-state index is 6.54. The summed E-state index contributed by atoms with van der Waals surface area (Å²) in [5.41, 5.74) is 17.7. The monoisotopic (exact) mass is 804 g/mol. The second kappa shape index (κ2) is 15.3. The highest BCUT2D eigenvalue weighted by atomic mass is 16.3. The number of benzene rings is 10. The van der Waals surface area contributed by atoms with E-state index in [4.69, 9.17) is 4.42 Å². The van der Waals surface area contributed by atoms with Crippen LogP contribution in [-0.4, -0.2) is 4.57 Å². The first kappa shape index (κ1) is 36.5. The van der Waals surface area contributed by atoms with Crippen molar-refractivity contribution in [3.8, 4) is 50.2 Å². The number of rotatable bonds is 8. The number of furan rings is 1. The van der Waals surface area contributed by atoms with Crippen LogP contribution in [0.4, 0.5) is 17.1 Å². The van der Waals surface area contributed by atoms with Gasteiger partial charge in [0.1, 0.15) is 11.2 Å². The van der Waals surface area contributed by atoms with Gasteiger partial charge in [0.15, 0.2) is 0 Å². The Morgan fingerprint density at radius 3 is 1.67 bits per heavy atom. The van der Waals surface area contributed by atoms with Crippen LogP contribution in [0.5, 0.6) is 0 Å². The first-order valence-electron chi connectivity index (χ1n) is 21.5. The lowest BCUT2D eigenvalue weighted by atomic mass is 9.88. The number of hydrogen-bond donors (Lipinski definition) is 0. The molecule has 0 aliphatic rings. The lowest BCUT2D eigenvalue weighted by molar-refractivity contribution is 0.669. The number of para-hydroxylation sites is 4. The van der Waals surface area contributed by atoms with Gasteiger partial charge in [-0.25, -0.2) is 0 Å². The van der Waals surface area contributed by atoms with Gasteiger partial charge in [-0.3, -0.25) is 0 Å². The molecule has 0 spiro atoms. The zero-order valence-corrected chi connectivity index (χ0v) is 34.4. The number of anilines is 3. The number of fused-ring (bicyclic) bond motifs is 6. The van der Waals surface area contributed by atoms with Gasteiger partial charge in [-0.2, -0.15) is 0 Å². The first-order valence-corrected chi connectivity index (χ1v) is 21.5. The van der Waals surface area contributed by atoms with Crippen molar-refractivity contribution < 1.29 is 4.42 Å². The highest BCUT2D eigenvalue weighted by Crippen LogP contribution is 2.47. The van der Waals surface area contributed by atoms with Gasteiger partial charge in [-0.05, 0) is 106 Å². The number of aromatic nitrogens is 1. The standard InChI is InChI=1S/C60H40N2O/c1-3-18-41(19-4-1)47-24-7-8-25-48(47)49-26-9-10-27-50(49)51-28-11-14-31-56(51)61(46-35-36-54-53-30-13-16-33-59(53)63-60(54)40-46)45-23-17-20-42(38-45)43-34-37-58-55(39-43)52-29-12-15-32-57(52)62(58)44-21-5-2-6-22-44/h1-40H. The molecule has 0 fully saturated rings. The van der Waals surface area contributed by atoms with Crippen molar-refractivity contribution in [3.63, 3.8) is 0 Å². The molecule has 12 aromatic rings. The van der Waals surface area contributed by atoms with Gasteiger partial charge in [0.25, 0.3) is 0 Å². The average molecular weight is 805 g/mol. The molecule has 2 aromatic heterocycles. The highest BCUT2D eigenvalue weighted by Gasteiger charge is 2.22. The minimum absolute atomic E-state index is 0.852. The zero-order valence-electron chi connectivity index (χ0n) is 34.4. The average Bonchev–Trinajstić information content (AvgIpc) is 3.90. The van der Waals surface area contributed by atoms with Gasteiger partial charge in [0.05, 0.1) is 16.7 Å². The predicted molar refractivity (Wildman–Crippen MR) is 264 cm³/mol. The fourth-order valence-corrected chi connectivity index (χ4v) is 9.55.